The summed E-state index contributed by atoms with van der Waals surface area (Å²) in [5.41, 5.74) is 0. The van der Waals surface area contributed by atoms with Crippen LogP contribution < -0.4 is 0 Å². The minimum Gasteiger partial charge on any atom is -0.462 e. The van der Waals surface area contributed by atoms with Crippen LogP contribution in [0.4, 0.5) is 0 Å². The molecule has 0 aromatic carbocycles. The largest absolute Gasteiger partial charge is 0.462 e. The average molecular weight is 871 g/mol. The Morgan fingerprint density at radius 2 is 0.667 bits per heavy atom. The molecule has 0 amide bonds. The maximum absolute atomic E-state index is 12.7. The van der Waals surface area contributed by atoms with Gasteiger partial charge in [0.1, 0.15) is 13.2 Å². The molecule has 0 rings (SSSR count). The summed E-state index contributed by atoms with van der Waals surface area (Å²) >= 11 is 0. The summed E-state index contributed by atoms with van der Waals surface area (Å²) in [6.45, 7) is 6.33. The Bertz CT molecular complexity index is 1370. The van der Waals surface area contributed by atoms with Crippen LogP contribution in [0.5, 0.6) is 0 Å². The van der Waals surface area contributed by atoms with E-state index >= 15 is 0 Å². The molecule has 6 nitrogen and oxygen atoms in total. The molecule has 0 bridgehead atoms. The third-order valence-corrected chi connectivity index (χ3v) is 9.93. The number of hydrogen-bond donors (Lipinski definition) is 0. The van der Waals surface area contributed by atoms with Gasteiger partial charge >= 0.3 is 17.9 Å². The van der Waals surface area contributed by atoms with E-state index in [2.05, 4.69) is 130 Å². The van der Waals surface area contributed by atoms with Gasteiger partial charge in [-0.1, -0.05) is 187 Å². The molecule has 0 heterocycles. The smallest absolute Gasteiger partial charge is 0.306 e. The third-order valence-electron chi connectivity index (χ3n) is 9.93. The van der Waals surface area contributed by atoms with Crippen molar-refractivity contribution in [2.24, 2.45) is 0 Å². The molecule has 0 aliphatic rings. The van der Waals surface area contributed by atoms with E-state index in [0.717, 1.165) is 89.9 Å². The number of ether oxygens (including phenoxy) is 3. The quantitative estimate of drug-likeness (QED) is 0.0263. The van der Waals surface area contributed by atoms with Crippen LogP contribution in [-0.4, -0.2) is 37.2 Å². The van der Waals surface area contributed by atoms with Crippen LogP contribution in [0, 0.1) is 0 Å². The normalized spacial score (nSPS) is 13.1. The highest BCUT2D eigenvalue weighted by Gasteiger charge is 2.19. The predicted octanol–water partition coefficient (Wildman–Crippen LogP) is 16.5. The van der Waals surface area contributed by atoms with Crippen molar-refractivity contribution in [1.29, 1.82) is 0 Å². The highest BCUT2D eigenvalue weighted by molar-refractivity contribution is 5.71. The molecule has 354 valence electrons. The maximum atomic E-state index is 12.7. The van der Waals surface area contributed by atoms with Crippen LogP contribution >= 0.6 is 0 Å². The zero-order valence-electron chi connectivity index (χ0n) is 40.3. The summed E-state index contributed by atoms with van der Waals surface area (Å²) in [6, 6.07) is 0. The average Bonchev–Trinajstić information content (AvgIpc) is 3.28. The van der Waals surface area contributed by atoms with Gasteiger partial charge in [-0.05, 0) is 116 Å². The van der Waals surface area contributed by atoms with Crippen molar-refractivity contribution < 1.29 is 28.6 Å². The number of hydrogen-bond acceptors (Lipinski definition) is 6. The van der Waals surface area contributed by atoms with Crippen LogP contribution in [0.1, 0.15) is 201 Å². The summed E-state index contributed by atoms with van der Waals surface area (Å²) in [6.07, 6.45) is 69.1. The predicted molar refractivity (Wildman–Crippen MR) is 269 cm³/mol. The SMILES string of the molecule is CC/C=C\C/C=C\C/C=C\C/C=C\C/C=C\CCC(=O)OC(COC(=O)CCC/C=C\C/C=C\C/C=C\C/C=C\CCCCC)COC(=O)CCCCCCC/C=C\CCCCC. The molecular formula is C57H90O6. The van der Waals surface area contributed by atoms with Gasteiger partial charge in [0.2, 0.25) is 0 Å². The summed E-state index contributed by atoms with van der Waals surface area (Å²) in [4.78, 5) is 37.9. The van der Waals surface area contributed by atoms with E-state index in [1.54, 1.807) is 0 Å². The lowest BCUT2D eigenvalue weighted by molar-refractivity contribution is -0.166. The minimum absolute atomic E-state index is 0.133. The lowest BCUT2D eigenvalue weighted by Crippen LogP contribution is -2.30. The molecule has 0 spiro atoms. The first-order valence-corrected chi connectivity index (χ1v) is 25.0. The van der Waals surface area contributed by atoms with E-state index in [9.17, 15) is 14.4 Å². The number of unbranched alkanes of at least 4 members (excludes halogenated alkanes) is 12. The van der Waals surface area contributed by atoms with Crippen molar-refractivity contribution in [2.45, 2.75) is 207 Å². The monoisotopic (exact) mass is 871 g/mol. The molecule has 0 N–H and O–H groups in total. The summed E-state index contributed by atoms with van der Waals surface area (Å²) in [5.74, 6) is -1.09. The van der Waals surface area contributed by atoms with Gasteiger partial charge in [-0.25, -0.2) is 0 Å². The van der Waals surface area contributed by atoms with Gasteiger partial charge in [-0.2, -0.15) is 0 Å². The first kappa shape index (κ1) is 58.8. The fraction of sp³-hybridized carbons (Fsp3) is 0.596. The van der Waals surface area contributed by atoms with Crippen molar-refractivity contribution in [3.8, 4) is 0 Å². The Morgan fingerprint density at radius 1 is 0.333 bits per heavy atom. The standard InChI is InChI=1S/C57H90O6/c1-4-7-10-13-16-19-22-25-27-29-31-32-35-38-41-44-47-50-56(59)62-53-54(52-61-55(58)49-46-43-40-37-34-24-21-18-15-12-9-6-3)63-57(60)51-48-45-42-39-36-33-30-28-26-23-20-17-14-11-8-5-2/h8,11,16-21,25-28,31-33,36,38,41-42,45,54H,4-7,9-10,12-15,22-24,29-30,34-35,37,39-40,43-44,46-53H2,1-3H3/b11-8-,19-16-,20-17-,21-18-,27-25-,28-26-,32-31-,36-33-,41-38-,45-42-. The maximum Gasteiger partial charge on any atom is 0.306 e. The van der Waals surface area contributed by atoms with E-state index in [0.29, 0.717) is 19.3 Å². The molecule has 0 aliphatic heterocycles. The number of rotatable bonds is 43. The van der Waals surface area contributed by atoms with Crippen LogP contribution in [0.3, 0.4) is 0 Å². The molecule has 63 heavy (non-hydrogen) atoms. The Kier molecular flexibility index (Phi) is 47.1. The first-order valence-electron chi connectivity index (χ1n) is 25.0. The van der Waals surface area contributed by atoms with Crippen LogP contribution in [0.25, 0.3) is 0 Å². The van der Waals surface area contributed by atoms with E-state index in [4.69, 9.17) is 14.2 Å². The molecule has 0 saturated heterocycles. The fourth-order valence-corrected chi connectivity index (χ4v) is 6.18. The van der Waals surface area contributed by atoms with Gasteiger partial charge in [-0.15, -0.1) is 0 Å². The molecule has 0 saturated carbocycles. The molecule has 1 unspecified atom stereocenters. The Labute approximate surface area is 386 Å². The lowest BCUT2D eigenvalue weighted by atomic mass is 10.1. The van der Waals surface area contributed by atoms with Crippen molar-refractivity contribution in [3.63, 3.8) is 0 Å². The number of carbonyl (C=O) groups is 3. The second-order valence-electron chi connectivity index (χ2n) is 16.0. The van der Waals surface area contributed by atoms with Gasteiger partial charge in [0, 0.05) is 19.3 Å². The lowest BCUT2D eigenvalue weighted by Gasteiger charge is -2.18. The van der Waals surface area contributed by atoms with Crippen LogP contribution in [0.15, 0.2) is 122 Å². The van der Waals surface area contributed by atoms with Gasteiger partial charge in [0.25, 0.3) is 0 Å². The molecule has 6 heteroatoms. The zero-order valence-corrected chi connectivity index (χ0v) is 40.3. The summed E-state index contributed by atoms with van der Waals surface area (Å²) in [5, 5.41) is 0. The molecule has 0 radical (unpaired) electrons. The molecule has 0 aliphatic carbocycles. The van der Waals surface area contributed by atoms with E-state index in [1.165, 1.54) is 57.8 Å². The van der Waals surface area contributed by atoms with Crippen molar-refractivity contribution in [2.75, 3.05) is 13.2 Å². The van der Waals surface area contributed by atoms with Crippen molar-refractivity contribution >= 4 is 17.9 Å². The Morgan fingerprint density at radius 3 is 1.11 bits per heavy atom. The van der Waals surface area contributed by atoms with Crippen LogP contribution in [-0.2, 0) is 28.6 Å². The summed E-state index contributed by atoms with van der Waals surface area (Å²) < 4.78 is 16.6. The van der Waals surface area contributed by atoms with Gasteiger partial charge in [-0.3, -0.25) is 14.4 Å². The van der Waals surface area contributed by atoms with Crippen molar-refractivity contribution in [1.82, 2.24) is 0 Å². The van der Waals surface area contributed by atoms with Crippen LogP contribution in [0.2, 0.25) is 0 Å². The van der Waals surface area contributed by atoms with E-state index < -0.39 is 12.1 Å². The molecule has 0 aromatic rings. The highest BCUT2D eigenvalue weighted by atomic mass is 16.6. The molecular weight excluding hydrogens is 781 g/mol. The van der Waals surface area contributed by atoms with E-state index in [-0.39, 0.29) is 38.0 Å². The molecule has 0 aromatic heterocycles. The van der Waals surface area contributed by atoms with Gasteiger partial charge in [0.15, 0.2) is 6.10 Å². The highest BCUT2D eigenvalue weighted by Crippen LogP contribution is 2.11. The van der Waals surface area contributed by atoms with Gasteiger partial charge in [0.05, 0.1) is 0 Å². The third kappa shape index (κ3) is 48.7. The topological polar surface area (TPSA) is 78.9 Å². The number of allylic oxidation sites excluding steroid dienone is 20. The first-order chi connectivity index (χ1) is 31.0. The second-order valence-corrected chi connectivity index (χ2v) is 16.0. The Balaban J connectivity index is 4.62. The van der Waals surface area contributed by atoms with Gasteiger partial charge < -0.3 is 14.2 Å². The zero-order chi connectivity index (χ0) is 45.8. The van der Waals surface area contributed by atoms with E-state index in [1.807, 2.05) is 12.2 Å². The fourth-order valence-electron chi connectivity index (χ4n) is 6.18. The second kappa shape index (κ2) is 50.5. The van der Waals surface area contributed by atoms with Crippen molar-refractivity contribution in [3.05, 3.63) is 122 Å². The molecule has 0 fully saturated rings. The number of esters is 3. The Hall–Kier alpha value is -4.19. The number of carbonyl (C=O) groups excluding carboxylic acids is 3. The molecule has 1 atom stereocenters. The summed E-state index contributed by atoms with van der Waals surface area (Å²) in [7, 11) is 0. The minimum atomic E-state index is -0.845.